The number of carbonyl (C=O) groups is 1. The van der Waals surface area contributed by atoms with Crippen LogP contribution in [0.4, 0.5) is 0 Å². The third-order valence-electron chi connectivity index (χ3n) is 3.97. The van der Waals surface area contributed by atoms with Crippen molar-refractivity contribution in [3.8, 4) is 0 Å². The summed E-state index contributed by atoms with van der Waals surface area (Å²) in [5.41, 5.74) is 4.27. The smallest absolute Gasteiger partial charge is 0.336 e. The Labute approximate surface area is 112 Å². The van der Waals surface area contributed by atoms with Crippen molar-refractivity contribution in [1.29, 1.82) is 0 Å². The fourth-order valence-corrected chi connectivity index (χ4v) is 2.97. The summed E-state index contributed by atoms with van der Waals surface area (Å²) in [6.07, 6.45) is 2.81. The van der Waals surface area contributed by atoms with Crippen LogP contribution < -0.4 is 0 Å². The van der Waals surface area contributed by atoms with E-state index in [2.05, 4.69) is 11.9 Å². The minimum Gasteiger partial charge on any atom is -0.478 e. The lowest BCUT2D eigenvalue weighted by Gasteiger charge is -2.23. The van der Waals surface area contributed by atoms with Gasteiger partial charge in [-0.1, -0.05) is 18.6 Å². The SMILES string of the molecule is Cc1ccc2nc3c(c(C(=O)O)c2c1)CC(C)CC3. The molecule has 1 aliphatic carbocycles. The average molecular weight is 255 g/mol. The Hall–Kier alpha value is -1.90. The predicted molar refractivity (Wildman–Crippen MR) is 74.6 cm³/mol. The van der Waals surface area contributed by atoms with Gasteiger partial charge in [0.15, 0.2) is 0 Å². The Balaban J connectivity index is 2.37. The number of hydrogen-bond donors (Lipinski definition) is 1. The number of carboxylic acids is 1. The second-order valence-corrected chi connectivity index (χ2v) is 5.59. The zero-order chi connectivity index (χ0) is 13.6. The number of benzene rings is 1. The lowest BCUT2D eigenvalue weighted by atomic mass is 9.84. The van der Waals surface area contributed by atoms with Gasteiger partial charge >= 0.3 is 5.97 Å². The van der Waals surface area contributed by atoms with Gasteiger partial charge in [0.05, 0.1) is 11.1 Å². The monoisotopic (exact) mass is 255 g/mol. The van der Waals surface area contributed by atoms with E-state index in [1.165, 1.54) is 0 Å². The van der Waals surface area contributed by atoms with Crippen molar-refractivity contribution in [2.45, 2.75) is 33.1 Å². The molecule has 3 rings (SSSR count). The quantitative estimate of drug-likeness (QED) is 0.850. The lowest BCUT2D eigenvalue weighted by molar-refractivity contribution is 0.0697. The van der Waals surface area contributed by atoms with Crippen molar-refractivity contribution >= 4 is 16.9 Å². The molecule has 3 heteroatoms. The molecular weight excluding hydrogens is 238 g/mol. The molecule has 0 saturated heterocycles. The van der Waals surface area contributed by atoms with Gasteiger partial charge in [0.1, 0.15) is 0 Å². The summed E-state index contributed by atoms with van der Waals surface area (Å²) in [5.74, 6) is -0.294. The number of fused-ring (bicyclic) bond motifs is 2. The van der Waals surface area contributed by atoms with Gasteiger partial charge in [-0.05, 0) is 49.8 Å². The molecule has 1 atom stereocenters. The number of aromatic nitrogens is 1. The Morgan fingerprint density at radius 1 is 1.42 bits per heavy atom. The molecule has 98 valence electrons. The third kappa shape index (κ3) is 1.99. The molecule has 0 spiro atoms. The minimum atomic E-state index is -0.830. The van der Waals surface area contributed by atoms with Gasteiger partial charge in [0.2, 0.25) is 0 Å². The Morgan fingerprint density at radius 2 is 2.21 bits per heavy atom. The van der Waals surface area contributed by atoms with Crippen LogP contribution in [0.2, 0.25) is 0 Å². The predicted octanol–water partition coefficient (Wildman–Crippen LogP) is 3.37. The first-order chi connectivity index (χ1) is 9.06. The summed E-state index contributed by atoms with van der Waals surface area (Å²) in [4.78, 5) is 16.3. The molecule has 0 saturated carbocycles. The van der Waals surface area contributed by atoms with Crippen molar-refractivity contribution in [2.75, 3.05) is 0 Å². The number of aromatic carboxylic acids is 1. The summed E-state index contributed by atoms with van der Waals surface area (Å²) in [6, 6.07) is 5.85. The normalized spacial score (nSPS) is 18.3. The highest BCUT2D eigenvalue weighted by molar-refractivity contribution is 6.04. The van der Waals surface area contributed by atoms with E-state index in [9.17, 15) is 9.90 Å². The molecule has 0 fully saturated rings. The standard InChI is InChI=1S/C16H17NO2/c1-9-3-5-13-11(7-9)15(16(18)19)12-8-10(2)4-6-14(12)17-13/h3,5,7,10H,4,6,8H2,1-2H3,(H,18,19). The molecule has 0 radical (unpaired) electrons. The number of hydrogen-bond acceptors (Lipinski definition) is 2. The Bertz CT molecular complexity index is 676. The third-order valence-corrected chi connectivity index (χ3v) is 3.97. The topological polar surface area (TPSA) is 50.2 Å². The molecule has 1 aliphatic rings. The van der Waals surface area contributed by atoms with E-state index in [1.54, 1.807) is 0 Å². The number of aryl methyl sites for hydroxylation is 2. The van der Waals surface area contributed by atoms with Gasteiger partial charge in [-0.3, -0.25) is 4.98 Å². The summed E-state index contributed by atoms with van der Waals surface area (Å²) in [6.45, 7) is 4.15. The van der Waals surface area contributed by atoms with E-state index >= 15 is 0 Å². The van der Waals surface area contributed by atoms with E-state index in [1.807, 2.05) is 25.1 Å². The van der Waals surface area contributed by atoms with Gasteiger partial charge in [0.25, 0.3) is 0 Å². The van der Waals surface area contributed by atoms with Crippen LogP contribution in [0.3, 0.4) is 0 Å². The van der Waals surface area contributed by atoms with Crippen LogP contribution in [0.25, 0.3) is 10.9 Å². The molecule has 1 aromatic heterocycles. The molecule has 0 amide bonds. The Kier molecular flexibility index (Phi) is 2.77. The molecule has 3 nitrogen and oxygen atoms in total. The first-order valence-corrected chi connectivity index (χ1v) is 6.71. The second-order valence-electron chi connectivity index (χ2n) is 5.59. The molecule has 1 heterocycles. The number of nitrogens with zero attached hydrogens (tertiary/aromatic N) is 1. The van der Waals surface area contributed by atoms with E-state index in [0.29, 0.717) is 11.5 Å². The highest BCUT2D eigenvalue weighted by atomic mass is 16.4. The number of carboxylic acid groups (broad SMARTS) is 1. The van der Waals surface area contributed by atoms with Crippen LogP contribution in [-0.4, -0.2) is 16.1 Å². The van der Waals surface area contributed by atoms with Gasteiger partial charge in [0, 0.05) is 11.1 Å². The fourth-order valence-electron chi connectivity index (χ4n) is 2.97. The molecule has 19 heavy (non-hydrogen) atoms. The molecule has 1 aromatic carbocycles. The number of pyridine rings is 1. The van der Waals surface area contributed by atoms with Crippen LogP contribution in [0.15, 0.2) is 18.2 Å². The van der Waals surface area contributed by atoms with Gasteiger partial charge in [-0.15, -0.1) is 0 Å². The van der Waals surface area contributed by atoms with Crippen molar-refractivity contribution in [3.05, 3.63) is 40.6 Å². The molecule has 1 unspecified atom stereocenters. The van der Waals surface area contributed by atoms with Crippen LogP contribution >= 0.6 is 0 Å². The van der Waals surface area contributed by atoms with Gasteiger partial charge < -0.3 is 5.11 Å². The van der Waals surface area contributed by atoms with E-state index in [0.717, 1.165) is 47.0 Å². The van der Waals surface area contributed by atoms with Crippen molar-refractivity contribution in [1.82, 2.24) is 4.98 Å². The van der Waals surface area contributed by atoms with Gasteiger partial charge in [-0.2, -0.15) is 0 Å². The maximum absolute atomic E-state index is 11.7. The van der Waals surface area contributed by atoms with Crippen molar-refractivity contribution < 1.29 is 9.90 Å². The van der Waals surface area contributed by atoms with E-state index in [-0.39, 0.29) is 0 Å². The van der Waals surface area contributed by atoms with Crippen LogP contribution in [0.5, 0.6) is 0 Å². The summed E-state index contributed by atoms with van der Waals surface area (Å²) in [7, 11) is 0. The second kappa shape index (κ2) is 4.34. The molecule has 0 aliphatic heterocycles. The van der Waals surface area contributed by atoms with Crippen LogP contribution in [0, 0.1) is 12.8 Å². The van der Waals surface area contributed by atoms with E-state index < -0.39 is 5.97 Å². The van der Waals surface area contributed by atoms with E-state index in [4.69, 9.17) is 0 Å². The molecule has 1 N–H and O–H groups in total. The Morgan fingerprint density at radius 3 is 2.95 bits per heavy atom. The minimum absolute atomic E-state index is 0.468. The summed E-state index contributed by atoms with van der Waals surface area (Å²) >= 11 is 0. The highest BCUT2D eigenvalue weighted by Crippen LogP contribution is 2.31. The van der Waals surface area contributed by atoms with Gasteiger partial charge in [-0.25, -0.2) is 4.79 Å². The average Bonchev–Trinajstić information content (AvgIpc) is 2.35. The maximum atomic E-state index is 11.7. The van der Waals surface area contributed by atoms with Crippen molar-refractivity contribution in [3.63, 3.8) is 0 Å². The highest BCUT2D eigenvalue weighted by Gasteiger charge is 2.24. The largest absolute Gasteiger partial charge is 0.478 e. The van der Waals surface area contributed by atoms with Crippen LogP contribution in [-0.2, 0) is 12.8 Å². The zero-order valence-electron chi connectivity index (χ0n) is 11.2. The summed E-state index contributed by atoms with van der Waals surface area (Å²) in [5, 5.41) is 10.4. The lowest BCUT2D eigenvalue weighted by Crippen LogP contribution is -2.18. The molecule has 2 aromatic rings. The first kappa shape index (κ1) is 12.2. The number of rotatable bonds is 1. The zero-order valence-corrected chi connectivity index (χ0v) is 11.2. The van der Waals surface area contributed by atoms with Crippen molar-refractivity contribution in [2.24, 2.45) is 5.92 Å². The summed E-state index contributed by atoms with van der Waals surface area (Å²) < 4.78 is 0. The molecular formula is C16H17NO2. The fraction of sp³-hybridized carbons (Fsp3) is 0.375. The first-order valence-electron chi connectivity index (χ1n) is 6.71. The van der Waals surface area contributed by atoms with Crippen LogP contribution in [0.1, 0.15) is 40.5 Å². The maximum Gasteiger partial charge on any atom is 0.336 e. The molecule has 0 bridgehead atoms.